The van der Waals surface area contributed by atoms with E-state index in [-0.39, 0.29) is 23.7 Å². The molecule has 1 N–H and O–H groups in total. The SMILES string of the molecule is COc1ccc(-n2nnnc2C(F)(F)F)cc1CN[C@@H]1CCN(C(=O)OC(C)(C)C)C[C@@H]1c1ccccc1. The molecule has 204 valence electrons. The summed E-state index contributed by atoms with van der Waals surface area (Å²) in [5.41, 5.74) is 1.29. The first-order valence-electron chi connectivity index (χ1n) is 12.3. The number of ether oxygens (including phenoxy) is 2. The highest BCUT2D eigenvalue weighted by Gasteiger charge is 2.39. The summed E-state index contributed by atoms with van der Waals surface area (Å²) in [6.45, 7) is 6.80. The molecule has 0 aliphatic carbocycles. The molecule has 12 heteroatoms. The van der Waals surface area contributed by atoms with Gasteiger partial charge in [-0.25, -0.2) is 4.79 Å². The number of piperidine rings is 1. The van der Waals surface area contributed by atoms with Gasteiger partial charge in [-0.05, 0) is 61.4 Å². The second-order valence-corrected chi connectivity index (χ2v) is 10.1. The van der Waals surface area contributed by atoms with Crippen LogP contribution in [0, 0.1) is 0 Å². The summed E-state index contributed by atoms with van der Waals surface area (Å²) < 4.78 is 51.8. The van der Waals surface area contributed by atoms with Crippen molar-refractivity contribution in [2.45, 2.75) is 57.5 Å². The quantitative estimate of drug-likeness (QED) is 0.497. The zero-order chi connectivity index (χ0) is 27.5. The molecule has 3 aromatic rings. The first-order valence-corrected chi connectivity index (χ1v) is 12.3. The highest BCUT2D eigenvalue weighted by atomic mass is 19.4. The standard InChI is InChI=1S/C26H31F3N6O3/c1-25(2,3)38-24(36)34-13-12-21(20(16-34)17-8-6-5-7-9-17)30-15-18-14-19(10-11-22(18)37-4)35-23(26(27,28)29)31-32-33-35/h5-11,14,20-21,30H,12-13,15-16H2,1-4H3/t20-,21-/m1/s1. The summed E-state index contributed by atoms with van der Waals surface area (Å²) in [4.78, 5) is 14.5. The van der Waals surface area contributed by atoms with Crippen molar-refractivity contribution in [3.05, 3.63) is 65.5 Å². The molecule has 1 aliphatic heterocycles. The summed E-state index contributed by atoms with van der Waals surface area (Å²) in [6, 6.07) is 14.5. The molecule has 4 rings (SSSR count). The molecule has 38 heavy (non-hydrogen) atoms. The van der Waals surface area contributed by atoms with Gasteiger partial charge in [0.1, 0.15) is 11.4 Å². The maximum Gasteiger partial charge on any atom is 0.453 e. The van der Waals surface area contributed by atoms with Gasteiger partial charge in [-0.1, -0.05) is 30.3 Å². The van der Waals surface area contributed by atoms with Crippen molar-refractivity contribution < 1.29 is 27.4 Å². The van der Waals surface area contributed by atoms with E-state index < -0.39 is 17.6 Å². The zero-order valence-electron chi connectivity index (χ0n) is 21.7. The molecular weight excluding hydrogens is 501 g/mol. The Morgan fingerprint density at radius 2 is 1.87 bits per heavy atom. The highest BCUT2D eigenvalue weighted by Crippen LogP contribution is 2.31. The highest BCUT2D eigenvalue weighted by molar-refractivity contribution is 5.68. The first-order chi connectivity index (χ1) is 18.0. The van der Waals surface area contributed by atoms with Gasteiger partial charge in [-0.3, -0.25) is 0 Å². The van der Waals surface area contributed by atoms with E-state index in [1.807, 2.05) is 51.1 Å². The van der Waals surface area contributed by atoms with Crippen molar-refractivity contribution in [3.8, 4) is 11.4 Å². The van der Waals surface area contributed by atoms with E-state index in [1.54, 1.807) is 17.0 Å². The first kappa shape index (κ1) is 27.4. The Hall–Kier alpha value is -3.67. The van der Waals surface area contributed by atoms with E-state index in [0.717, 1.165) is 5.56 Å². The van der Waals surface area contributed by atoms with E-state index in [2.05, 4.69) is 20.8 Å². The minimum Gasteiger partial charge on any atom is -0.496 e. The third kappa shape index (κ3) is 6.42. The number of halogens is 3. The number of methoxy groups -OCH3 is 1. The molecule has 1 saturated heterocycles. The Bertz CT molecular complexity index is 1240. The van der Waals surface area contributed by atoms with Gasteiger partial charge in [0, 0.05) is 37.2 Å². The number of benzene rings is 2. The van der Waals surface area contributed by atoms with Crippen LogP contribution >= 0.6 is 0 Å². The van der Waals surface area contributed by atoms with Crippen LogP contribution in [0.2, 0.25) is 0 Å². The van der Waals surface area contributed by atoms with Crippen LogP contribution in [0.3, 0.4) is 0 Å². The van der Waals surface area contributed by atoms with Crippen LogP contribution in [0.25, 0.3) is 5.69 Å². The normalized spacial score (nSPS) is 18.3. The minimum absolute atomic E-state index is 0.0109. The maximum absolute atomic E-state index is 13.4. The fourth-order valence-electron chi connectivity index (χ4n) is 4.54. The fourth-order valence-corrected chi connectivity index (χ4v) is 4.54. The van der Waals surface area contributed by atoms with Crippen LogP contribution < -0.4 is 10.1 Å². The molecule has 0 radical (unpaired) electrons. The van der Waals surface area contributed by atoms with Gasteiger partial charge in [-0.2, -0.15) is 17.9 Å². The molecule has 9 nitrogen and oxygen atoms in total. The van der Waals surface area contributed by atoms with Crippen molar-refractivity contribution in [2.75, 3.05) is 20.2 Å². The van der Waals surface area contributed by atoms with Gasteiger partial charge in [0.05, 0.1) is 12.8 Å². The molecule has 0 bridgehead atoms. The van der Waals surface area contributed by atoms with Gasteiger partial charge in [0.25, 0.3) is 5.82 Å². The lowest BCUT2D eigenvalue weighted by atomic mass is 9.86. The largest absolute Gasteiger partial charge is 0.496 e. The number of likely N-dealkylation sites (tertiary alicyclic amines) is 1. The predicted molar refractivity (Wildman–Crippen MR) is 133 cm³/mol. The number of alkyl halides is 3. The molecule has 2 aromatic carbocycles. The monoisotopic (exact) mass is 532 g/mol. The summed E-state index contributed by atoms with van der Waals surface area (Å²) >= 11 is 0. The summed E-state index contributed by atoms with van der Waals surface area (Å²) in [7, 11) is 1.50. The Labute approximate surface area is 218 Å². The van der Waals surface area contributed by atoms with Crippen molar-refractivity contribution >= 4 is 6.09 Å². The Balaban J connectivity index is 1.55. The number of rotatable bonds is 6. The molecule has 1 aliphatic rings. The molecule has 0 unspecified atom stereocenters. The lowest BCUT2D eigenvalue weighted by molar-refractivity contribution is -0.146. The number of aromatic nitrogens is 4. The van der Waals surface area contributed by atoms with Gasteiger partial charge in [0.2, 0.25) is 0 Å². The van der Waals surface area contributed by atoms with E-state index in [9.17, 15) is 18.0 Å². The van der Waals surface area contributed by atoms with Gasteiger partial charge >= 0.3 is 12.3 Å². The van der Waals surface area contributed by atoms with Crippen molar-refractivity contribution in [1.82, 2.24) is 30.4 Å². The Morgan fingerprint density at radius 3 is 2.53 bits per heavy atom. The van der Waals surface area contributed by atoms with Gasteiger partial charge < -0.3 is 19.7 Å². The number of carbonyl (C=O) groups excluding carboxylic acids is 1. The molecule has 0 spiro atoms. The van der Waals surface area contributed by atoms with Crippen LogP contribution in [0.15, 0.2) is 48.5 Å². The van der Waals surface area contributed by atoms with E-state index in [4.69, 9.17) is 9.47 Å². The average molecular weight is 533 g/mol. The topological polar surface area (TPSA) is 94.4 Å². The smallest absolute Gasteiger partial charge is 0.453 e. The average Bonchev–Trinajstić information content (AvgIpc) is 3.38. The second-order valence-electron chi connectivity index (χ2n) is 10.1. The Kier molecular flexibility index (Phi) is 7.91. The van der Waals surface area contributed by atoms with Crippen molar-refractivity contribution in [1.29, 1.82) is 0 Å². The number of nitrogens with zero attached hydrogens (tertiary/aromatic N) is 5. The molecule has 2 heterocycles. The molecule has 2 atom stereocenters. The number of tetrazole rings is 1. The maximum atomic E-state index is 13.4. The lowest BCUT2D eigenvalue weighted by Gasteiger charge is -2.40. The van der Waals surface area contributed by atoms with Crippen molar-refractivity contribution in [2.24, 2.45) is 0 Å². The van der Waals surface area contributed by atoms with Crippen LogP contribution in [0.1, 0.15) is 50.1 Å². The third-order valence-corrected chi connectivity index (χ3v) is 6.28. The second kappa shape index (κ2) is 11.0. The van der Waals surface area contributed by atoms with Gasteiger partial charge in [0.15, 0.2) is 0 Å². The van der Waals surface area contributed by atoms with E-state index in [1.165, 1.54) is 13.2 Å². The molecule has 1 amide bonds. The van der Waals surface area contributed by atoms with E-state index >= 15 is 0 Å². The Morgan fingerprint density at radius 1 is 1.13 bits per heavy atom. The molecule has 1 aromatic heterocycles. The lowest BCUT2D eigenvalue weighted by Crippen LogP contribution is -2.50. The van der Waals surface area contributed by atoms with Crippen LogP contribution in [-0.2, 0) is 17.5 Å². The number of amides is 1. The van der Waals surface area contributed by atoms with Crippen molar-refractivity contribution in [3.63, 3.8) is 0 Å². The minimum atomic E-state index is -4.70. The fraction of sp³-hybridized carbons (Fsp3) is 0.462. The third-order valence-electron chi connectivity index (χ3n) is 6.28. The van der Waals surface area contributed by atoms with Crippen LogP contribution in [0.5, 0.6) is 5.75 Å². The molecule has 1 fully saturated rings. The van der Waals surface area contributed by atoms with E-state index in [0.29, 0.717) is 42.0 Å². The van der Waals surface area contributed by atoms with Crippen LogP contribution in [0.4, 0.5) is 18.0 Å². The summed E-state index contributed by atoms with van der Waals surface area (Å²) in [6.07, 6.45) is -4.40. The summed E-state index contributed by atoms with van der Waals surface area (Å²) in [5, 5.41) is 13.4. The number of hydrogen-bond donors (Lipinski definition) is 1. The van der Waals surface area contributed by atoms with Crippen LogP contribution in [-0.4, -0.2) is 63.0 Å². The number of hydrogen-bond acceptors (Lipinski definition) is 7. The summed E-state index contributed by atoms with van der Waals surface area (Å²) in [5.74, 6) is -0.714. The molecule has 0 saturated carbocycles. The zero-order valence-corrected chi connectivity index (χ0v) is 21.7. The number of carbonyl (C=O) groups is 1. The predicted octanol–water partition coefficient (Wildman–Crippen LogP) is 4.57. The van der Waals surface area contributed by atoms with Gasteiger partial charge in [-0.15, -0.1) is 5.10 Å². The molecular formula is C26H31F3N6O3. The number of nitrogens with one attached hydrogen (secondary N) is 1.